The summed E-state index contributed by atoms with van der Waals surface area (Å²) in [6.07, 6.45) is 3.39. The second-order valence-electron chi connectivity index (χ2n) is 6.39. The molecule has 5 nitrogen and oxygen atoms in total. The molecule has 2 atom stereocenters. The number of nitrogens with zero attached hydrogens (tertiary/aromatic N) is 1. The Bertz CT molecular complexity index is 321. The number of carbonyl (C=O) groups is 1. The fourth-order valence-corrected chi connectivity index (χ4v) is 3.07. The Labute approximate surface area is 129 Å². The molecule has 21 heavy (non-hydrogen) atoms. The van der Waals surface area contributed by atoms with Crippen LogP contribution in [0.3, 0.4) is 0 Å². The molecule has 1 N–H and O–H groups in total. The molecule has 0 aromatic heterocycles. The Kier molecular flexibility index (Phi) is 7.63. The van der Waals surface area contributed by atoms with Crippen molar-refractivity contribution in [2.45, 2.75) is 64.6 Å². The SMILES string of the molecule is CCOC1CCCN(CCC(C)(NC(C)C)C(=O)OC)C1. The third-order valence-electron chi connectivity index (χ3n) is 4.04. The molecular weight excluding hydrogens is 268 g/mol. The first kappa shape index (κ1) is 18.4. The number of carbonyl (C=O) groups excluding carboxylic acids is 1. The average molecular weight is 300 g/mol. The molecule has 5 heteroatoms. The van der Waals surface area contributed by atoms with Crippen LogP contribution in [0.25, 0.3) is 0 Å². The zero-order valence-electron chi connectivity index (χ0n) is 14.3. The third kappa shape index (κ3) is 5.93. The molecule has 0 aromatic carbocycles. The minimum atomic E-state index is -0.624. The molecule has 0 spiro atoms. The Hall–Kier alpha value is -0.650. The number of nitrogens with one attached hydrogen (secondary N) is 1. The van der Waals surface area contributed by atoms with Gasteiger partial charge in [-0.2, -0.15) is 0 Å². The van der Waals surface area contributed by atoms with Crippen molar-refractivity contribution in [2.24, 2.45) is 0 Å². The number of hydrogen-bond donors (Lipinski definition) is 1. The summed E-state index contributed by atoms with van der Waals surface area (Å²) in [4.78, 5) is 14.5. The Morgan fingerprint density at radius 1 is 1.48 bits per heavy atom. The van der Waals surface area contributed by atoms with Gasteiger partial charge < -0.3 is 14.4 Å². The molecule has 1 aliphatic heterocycles. The molecule has 0 amide bonds. The first-order valence-electron chi connectivity index (χ1n) is 8.11. The van der Waals surface area contributed by atoms with Crippen molar-refractivity contribution >= 4 is 5.97 Å². The van der Waals surface area contributed by atoms with Gasteiger partial charge >= 0.3 is 5.97 Å². The van der Waals surface area contributed by atoms with Crippen molar-refractivity contribution in [3.63, 3.8) is 0 Å². The average Bonchev–Trinajstić information content (AvgIpc) is 2.44. The second-order valence-corrected chi connectivity index (χ2v) is 6.39. The highest BCUT2D eigenvalue weighted by Gasteiger charge is 2.35. The van der Waals surface area contributed by atoms with E-state index in [1.54, 1.807) is 0 Å². The Balaban J connectivity index is 2.54. The predicted octanol–water partition coefficient (Wildman–Crippen LogP) is 1.81. The standard InChI is InChI=1S/C16H32N2O3/c1-6-21-14-8-7-10-18(12-14)11-9-16(4,15(19)20-5)17-13(2)3/h13-14,17H,6-12H2,1-5H3. The van der Waals surface area contributed by atoms with Crippen LogP contribution < -0.4 is 5.32 Å². The summed E-state index contributed by atoms with van der Waals surface area (Å²) in [6, 6.07) is 0.242. The van der Waals surface area contributed by atoms with E-state index >= 15 is 0 Å². The zero-order valence-corrected chi connectivity index (χ0v) is 14.3. The minimum absolute atomic E-state index is 0.186. The number of hydrogen-bond acceptors (Lipinski definition) is 5. The lowest BCUT2D eigenvalue weighted by Gasteiger charge is -2.36. The van der Waals surface area contributed by atoms with Crippen LogP contribution in [-0.2, 0) is 14.3 Å². The van der Waals surface area contributed by atoms with E-state index in [-0.39, 0.29) is 12.0 Å². The van der Waals surface area contributed by atoms with E-state index in [0.717, 1.165) is 45.5 Å². The van der Waals surface area contributed by atoms with Crippen LogP contribution in [0.2, 0.25) is 0 Å². The van der Waals surface area contributed by atoms with Gasteiger partial charge in [0.15, 0.2) is 0 Å². The molecule has 0 saturated carbocycles. The van der Waals surface area contributed by atoms with Gasteiger partial charge in [-0.1, -0.05) is 0 Å². The van der Waals surface area contributed by atoms with Gasteiger partial charge in [0, 0.05) is 25.7 Å². The van der Waals surface area contributed by atoms with Gasteiger partial charge in [0.25, 0.3) is 0 Å². The molecule has 124 valence electrons. The van der Waals surface area contributed by atoms with Crippen LogP contribution >= 0.6 is 0 Å². The van der Waals surface area contributed by atoms with Crippen LogP contribution in [0.15, 0.2) is 0 Å². The third-order valence-corrected chi connectivity index (χ3v) is 4.04. The summed E-state index contributed by atoms with van der Waals surface area (Å²) in [6.45, 7) is 11.8. The van der Waals surface area contributed by atoms with Crippen LogP contribution in [0.1, 0.15) is 47.0 Å². The molecule has 1 saturated heterocycles. The van der Waals surface area contributed by atoms with E-state index in [1.807, 2.05) is 27.7 Å². The molecule has 1 fully saturated rings. The fraction of sp³-hybridized carbons (Fsp3) is 0.938. The van der Waals surface area contributed by atoms with Crippen LogP contribution in [0.5, 0.6) is 0 Å². The van der Waals surface area contributed by atoms with E-state index in [2.05, 4.69) is 10.2 Å². The number of ether oxygens (including phenoxy) is 2. The Morgan fingerprint density at radius 3 is 2.76 bits per heavy atom. The first-order chi connectivity index (χ1) is 9.91. The smallest absolute Gasteiger partial charge is 0.325 e. The summed E-state index contributed by atoms with van der Waals surface area (Å²) < 4.78 is 10.7. The molecule has 1 heterocycles. The largest absolute Gasteiger partial charge is 0.468 e. The van der Waals surface area contributed by atoms with E-state index < -0.39 is 5.54 Å². The fourth-order valence-electron chi connectivity index (χ4n) is 3.07. The highest BCUT2D eigenvalue weighted by molar-refractivity contribution is 5.80. The highest BCUT2D eigenvalue weighted by Crippen LogP contribution is 2.18. The van der Waals surface area contributed by atoms with Crippen molar-refractivity contribution in [3.05, 3.63) is 0 Å². The molecular formula is C16H32N2O3. The number of methoxy groups -OCH3 is 1. The highest BCUT2D eigenvalue weighted by atomic mass is 16.5. The van der Waals surface area contributed by atoms with Crippen molar-refractivity contribution in [3.8, 4) is 0 Å². The maximum Gasteiger partial charge on any atom is 0.325 e. The van der Waals surface area contributed by atoms with Gasteiger partial charge in [-0.05, 0) is 53.5 Å². The van der Waals surface area contributed by atoms with Crippen molar-refractivity contribution in [1.29, 1.82) is 0 Å². The zero-order chi connectivity index (χ0) is 15.9. The van der Waals surface area contributed by atoms with Crippen molar-refractivity contribution < 1.29 is 14.3 Å². The topological polar surface area (TPSA) is 50.8 Å². The van der Waals surface area contributed by atoms with E-state index in [0.29, 0.717) is 6.10 Å². The van der Waals surface area contributed by atoms with E-state index in [1.165, 1.54) is 7.11 Å². The van der Waals surface area contributed by atoms with Gasteiger partial charge in [-0.3, -0.25) is 10.1 Å². The van der Waals surface area contributed by atoms with Crippen LogP contribution in [0, 0.1) is 0 Å². The lowest BCUT2D eigenvalue weighted by atomic mass is 9.95. The molecule has 0 radical (unpaired) electrons. The summed E-state index contributed by atoms with van der Waals surface area (Å²) in [5.41, 5.74) is -0.624. The van der Waals surface area contributed by atoms with Gasteiger partial charge in [-0.25, -0.2) is 0 Å². The minimum Gasteiger partial charge on any atom is -0.468 e. The predicted molar refractivity (Wildman–Crippen MR) is 84.4 cm³/mol. The summed E-state index contributed by atoms with van der Waals surface area (Å²) >= 11 is 0. The molecule has 0 bridgehead atoms. The lowest BCUT2D eigenvalue weighted by Crippen LogP contribution is -2.55. The molecule has 0 aliphatic carbocycles. The normalized spacial score (nSPS) is 23.0. The lowest BCUT2D eigenvalue weighted by molar-refractivity contribution is -0.148. The summed E-state index contributed by atoms with van der Waals surface area (Å²) in [7, 11) is 1.45. The van der Waals surface area contributed by atoms with Crippen LogP contribution in [-0.4, -0.2) is 61.9 Å². The maximum absolute atomic E-state index is 12.1. The maximum atomic E-state index is 12.1. The van der Waals surface area contributed by atoms with E-state index in [4.69, 9.17) is 9.47 Å². The number of likely N-dealkylation sites (tertiary alicyclic amines) is 1. The van der Waals surface area contributed by atoms with Gasteiger partial charge in [-0.15, -0.1) is 0 Å². The number of esters is 1. The molecule has 2 unspecified atom stereocenters. The summed E-state index contributed by atoms with van der Waals surface area (Å²) in [5, 5.41) is 3.35. The quantitative estimate of drug-likeness (QED) is 0.693. The van der Waals surface area contributed by atoms with Crippen molar-refractivity contribution in [2.75, 3.05) is 33.4 Å². The van der Waals surface area contributed by atoms with Crippen molar-refractivity contribution in [1.82, 2.24) is 10.2 Å². The number of piperidine rings is 1. The van der Waals surface area contributed by atoms with Gasteiger partial charge in [0.1, 0.15) is 5.54 Å². The molecule has 1 rings (SSSR count). The summed E-state index contributed by atoms with van der Waals surface area (Å²) in [5.74, 6) is -0.186. The monoisotopic (exact) mass is 300 g/mol. The first-order valence-corrected chi connectivity index (χ1v) is 8.11. The number of rotatable bonds is 8. The molecule has 0 aromatic rings. The van der Waals surface area contributed by atoms with Gasteiger partial charge in [0.05, 0.1) is 13.2 Å². The second kappa shape index (κ2) is 8.71. The van der Waals surface area contributed by atoms with Gasteiger partial charge in [0.2, 0.25) is 0 Å². The molecule has 1 aliphatic rings. The Morgan fingerprint density at radius 2 is 2.19 bits per heavy atom. The van der Waals surface area contributed by atoms with Crippen LogP contribution in [0.4, 0.5) is 0 Å². The van der Waals surface area contributed by atoms with E-state index in [9.17, 15) is 4.79 Å².